The Labute approximate surface area is 115 Å². The van der Waals surface area contributed by atoms with Crippen molar-refractivity contribution in [1.29, 1.82) is 0 Å². The molecular formula is C13H15N3O4. The van der Waals surface area contributed by atoms with Crippen molar-refractivity contribution in [1.82, 2.24) is 5.43 Å². The van der Waals surface area contributed by atoms with Crippen molar-refractivity contribution in [3.05, 3.63) is 18.2 Å². The normalized spacial score (nSPS) is 14.1. The molecule has 20 heavy (non-hydrogen) atoms. The van der Waals surface area contributed by atoms with Crippen LogP contribution in [-0.4, -0.2) is 31.7 Å². The Morgan fingerprint density at radius 2 is 2.00 bits per heavy atom. The van der Waals surface area contributed by atoms with Crippen molar-refractivity contribution in [2.45, 2.75) is 12.8 Å². The van der Waals surface area contributed by atoms with E-state index in [1.165, 1.54) is 14.2 Å². The van der Waals surface area contributed by atoms with Crippen LogP contribution >= 0.6 is 0 Å². The van der Waals surface area contributed by atoms with Gasteiger partial charge in [-0.3, -0.25) is 9.59 Å². The average molecular weight is 277 g/mol. The molecule has 0 unspecified atom stereocenters. The lowest BCUT2D eigenvalue weighted by atomic mass is 10.1. The van der Waals surface area contributed by atoms with Gasteiger partial charge in [-0.2, -0.15) is 5.10 Å². The molecule has 1 aliphatic rings. The van der Waals surface area contributed by atoms with Gasteiger partial charge >= 0.3 is 0 Å². The number of carbonyl (C=O) groups is 2. The SMILES string of the molecule is COc1ccc(NC(=O)C2=NNC(=O)CC2)cc1OC. The Bertz CT molecular complexity index is 569. The monoisotopic (exact) mass is 277 g/mol. The molecule has 0 atom stereocenters. The Hall–Kier alpha value is -2.57. The largest absolute Gasteiger partial charge is 0.493 e. The molecule has 0 aliphatic carbocycles. The maximum Gasteiger partial charge on any atom is 0.271 e. The minimum Gasteiger partial charge on any atom is -0.493 e. The van der Waals surface area contributed by atoms with Gasteiger partial charge in [-0.25, -0.2) is 5.43 Å². The van der Waals surface area contributed by atoms with E-state index < -0.39 is 0 Å². The fourth-order valence-corrected chi connectivity index (χ4v) is 1.76. The number of hydrazone groups is 1. The average Bonchev–Trinajstić information content (AvgIpc) is 2.47. The predicted molar refractivity (Wildman–Crippen MR) is 73.0 cm³/mol. The maximum absolute atomic E-state index is 12.0. The van der Waals surface area contributed by atoms with Crippen LogP contribution in [0.25, 0.3) is 0 Å². The summed E-state index contributed by atoms with van der Waals surface area (Å²) in [6.07, 6.45) is 0.586. The number of amides is 2. The number of carbonyl (C=O) groups excluding carboxylic acids is 2. The van der Waals surface area contributed by atoms with E-state index in [0.717, 1.165) is 0 Å². The highest BCUT2D eigenvalue weighted by Gasteiger charge is 2.18. The van der Waals surface area contributed by atoms with Gasteiger partial charge in [0.15, 0.2) is 11.5 Å². The van der Waals surface area contributed by atoms with E-state index in [1.807, 2.05) is 0 Å². The third-order valence-corrected chi connectivity index (χ3v) is 2.81. The lowest BCUT2D eigenvalue weighted by Crippen LogP contribution is -2.32. The summed E-state index contributed by atoms with van der Waals surface area (Å²) < 4.78 is 10.3. The Kier molecular flexibility index (Phi) is 4.19. The first-order valence-corrected chi connectivity index (χ1v) is 6.03. The molecule has 1 heterocycles. The first kappa shape index (κ1) is 13.9. The van der Waals surface area contributed by atoms with Crippen molar-refractivity contribution >= 4 is 23.2 Å². The Morgan fingerprint density at radius 1 is 1.25 bits per heavy atom. The Balaban J connectivity index is 2.10. The lowest BCUT2D eigenvalue weighted by molar-refractivity contribution is -0.121. The molecule has 1 aromatic carbocycles. The minimum atomic E-state index is -0.350. The highest BCUT2D eigenvalue weighted by Crippen LogP contribution is 2.29. The van der Waals surface area contributed by atoms with E-state index in [4.69, 9.17) is 9.47 Å². The van der Waals surface area contributed by atoms with E-state index in [0.29, 0.717) is 29.3 Å². The van der Waals surface area contributed by atoms with Crippen LogP contribution in [-0.2, 0) is 9.59 Å². The number of rotatable bonds is 4. The smallest absolute Gasteiger partial charge is 0.271 e. The minimum absolute atomic E-state index is 0.187. The summed E-state index contributed by atoms with van der Waals surface area (Å²) in [5.41, 5.74) is 3.14. The van der Waals surface area contributed by atoms with Gasteiger partial charge in [0.2, 0.25) is 5.91 Å². The van der Waals surface area contributed by atoms with Crippen LogP contribution in [0, 0.1) is 0 Å². The quantitative estimate of drug-likeness (QED) is 0.856. The molecule has 2 amide bonds. The molecule has 0 bridgehead atoms. The molecule has 1 aliphatic heterocycles. The second-order valence-corrected chi connectivity index (χ2v) is 4.12. The number of ether oxygens (including phenoxy) is 2. The van der Waals surface area contributed by atoms with E-state index in [-0.39, 0.29) is 18.2 Å². The topological polar surface area (TPSA) is 89.0 Å². The highest BCUT2D eigenvalue weighted by atomic mass is 16.5. The van der Waals surface area contributed by atoms with Gasteiger partial charge in [0, 0.05) is 24.6 Å². The van der Waals surface area contributed by atoms with Crippen LogP contribution < -0.4 is 20.2 Å². The van der Waals surface area contributed by atoms with E-state index in [1.54, 1.807) is 18.2 Å². The predicted octanol–water partition coefficient (Wildman–Crippen LogP) is 0.908. The van der Waals surface area contributed by atoms with E-state index >= 15 is 0 Å². The van der Waals surface area contributed by atoms with Gasteiger partial charge in [-0.1, -0.05) is 0 Å². The molecular weight excluding hydrogens is 262 g/mol. The van der Waals surface area contributed by atoms with Gasteiger partial charge in [-0.05, 0) is 12.1 Å². The van der Waals surface area contributed by atoms with Crippen molar-refractivity contribution < 1.29 is 19.1 Å². The zero-order chi connectivity index (χ0) is 14.5. The molecule has 2 rings (SSSR count). The zero-order valence-electron chi connectivity index (χ0n) is 11.2. The maximum atomic E-state index is 12.0. The number of nitrogens with zero attached hydrogens (tertiary/aromatic N) is 1. The third-order valence-electron chi connectivity index (χ3n) is 2.81. The van der Waals surface area contributed by atoms with Crippen molar-refractivity contribution in [2.75, 3.05) is 19.5 Å². The third kappa shape index (κ3) is 3.05. The molecule has 0 spiro atoms. The summed E-state index contributed by atoms with van der Waals surface area (Å²) in [5.74, 6) is 0.557. The standard InChI is InChI=1S/C13H15N3O4/c1-19-10-5-3-8(7-11(10)20-2)14-13(18)9-4-6-12(17)16-15-9/h3,5,7H,4,6H2,1-2H3,(H,14,18)(H,16,17). The molecule has 106 valence electrons. The van der Waals surface area contributed by atoms with Crippen LogP contribution in [0.5, 0.6) is 11.5 Å². The molecule has 0 saturated heterocycles. The fourth-order valence-electron chi connectivity index (χ4n) is 1.76. The summed E-state index contributed by atoms with van der Waals surface area (Å²) in [5, 5.41) is 6.43. The second-order valence-electron chi connectivity index (χ2n) is 4.12. The summed E-state index contributed by atoms with van der Waals surface area (Å²) >= 11 is 0. The van der Waals surface area contributed by atoms with Crippen LogP contribution in [0.2, 0.25) is 0 Å². The van der Waals surface area contributed by atoms with Crippen LogP contribution in [0.3, 0.4) is 0 Å². The Morgan fingerprint density at radius 3 is 2.60 bits per heavy atom. The van der Waals surface area contributed by atoms with E-state index in [9.17, 15) is 9.59 Å². The summed E-state index contributed by atoms with van der Waals surface area (Å²) in [6, 6.07) is 5.04. The van der Waals surface area contributed by atoms with Crippen LogP contribution in [0.4, 0.5) is 5.69 Å². The highest BCUT2D eigenvalue weighted by molar-refractivity contribution is 6.43. The van der Waals surface area contributed by atoms with Crippen molar-refractivity contribution in [3.8, 4) is 11.5 Å². The van der Waals surface area contributed by atoms with Crippen LogP contribution in [0.1, 0.15) is 12.8 Å². The molecule has 0 fully saturated rings. The van der Waals surface area contributed by atoms with Gasteiger partial charge in [0.05, 0.1) is 14.2 Å². The van der Waals surface area contributed by atoms with Gasteiger partial charge in [0.1, 0.15) is 5.71 Å². The molecule has 1 aromatic rings. The van der Waals surface area contributed by atoms with E-state index in [2.05, 4.69) is 15.8 Å². The number of methoxy groups -OCH3 is 2. The summed E-state index contributed by atoms with van der Waals surface area (Å²) in [7, 11) is 3.06. The number of anilines is 1. The molecule has 0 radical (unpaired) electrons. The number of benzene rings is 1. The molecule has 0 saturated carbocycles. The summed E-state index contributed by atoms with van der Waals surface area (Å²) in [4.78, 5) is 22.9. The molecule has 7 heteroatoms. The number of nitrogens with one attached hydrogen (secondary N) is 2. The second kappa shape index (κ2) is 6.05. The van der Waals surface area contributed by atoms with Gasteiger partial charge in [-0.15, -0.1) is 0 Å². The van der Waals surface area contributed by atoms with Crippen molar-refractivity contribution in [2.24, 2.45) is 5.10 Å². The molecule has 2 N–H and O–H groups in total. The number of hydrogen-bond acceptors (Lipinski definition) is 5. The molecule has 7 nitrogen and oxygen atoms in total. The first-order chi connectivity index (χ1) is 9.63. The van der Waals surface area contributed by atoms with Crippen molar-refractivity contribution in [3.63, 3.8) is 0 Å². The zero-order valence-corrected chi connectivity index (χ0v) is 11.2. The lowest BCUT2D eigenvalue weighted by Gasteiger charge is -2.13. The van der Waals surface area contributed by atoms with Gasteiger partial charge < -0.3 is 14.8 Å². The van der Waals surface area contributed by atoms with Gasteiger partial charge in [0.25, 0.3) is 5.91 Å². The summed E-state index contributed by atoms with van der Waals surface area (Å²) in [6.45, 7) is 0. The van der Waals surface area contributed by atoms with Crippen LogP contribution in [0.15, 0.2) is 23.3 Å². The molecule has 0 aromatic heterocycles. The fraction of sp³-hybridized carbons (Fsp3) is 0.308. The number of hydrogen-bond donors (Lipinski definition) is 2. The first-order valence-electron chi connectivity index (χ1n) is 6.03.